The number of carbonyl (C=O) groups excluding carboxylic acids is 2. The molecule has 0 aliphatic rings. The lowest BCUT2D eigenvalue weighted by Gasteiger charge is -2.19. The lowest BCUT2D eigenvalue weighted by molar-refractivity contribution is 0.0908. The van der Waals surface area contributed by atoms with Crippen molar-refractivity contribution in [3.63, 3.8) is 0 Å². The van der Waals surface area contributed by atoms with Gasteiger partial charge in [0.25, 0.3) is 11.8 Å². The van der Waals surface area contributed by atoms with E-state index in [1.807, 2.05) is 58.9 Å². The number of anilines is 1. The Labute approximate surface area is 158 Å². The Hall–Kier alpha value is -3.15. The van der Waals surface area contributed by atoms with Gasteiger partial charge in [0.05, 0.1) is 5.52 Å². The second-order valence-electron chi connectivity index (χ2n) is 7.72. The number of carbonyl (C=O) groups is 2. The molecule has 27 heavy (non-hydrogen) atoms. The summed E-state index contributed by atoms with van der Waals surface area (Å²) >= 11 is 0. The predicted octanol–water partition coefficient (Wildman–Crippen LogP) is 3.73. The van der Waals surface area contributed by atoms with Gasteiger partial charge in [-0.05, 0) is 63.9 Å². The summed E-state index contributed by atoms with van der Waals surface area (Å²) in [6.45, 7) is 9.59. The second kappa shape index (κ2) is 6.87. The Kier molecular flexibility index (Phi) is 4.74. The number of hydrogen-bond acceptors (Lipinski definition) is 3. The van der Waals surface area contributed by atoms with Crippen molar-refractivity contribution in [1.29, 1.82) is 0 Å². The zero-order valence-corrected chi connectivity index (χ0v) is 16.3. The number of nitrogens with one attached hydrogen (secondary N) is 2. The molecule has 0 radical (unpaired) electrons. The number of imidazole rings is 1. The minimum Gasteiger partial charge on any atom is -0.345 e. The van der Waals surface area contributed by atoms with Crippen LogP contribution in [-0.4, -0.2) is 26.7 Å². The van der Waals surface area contributed by atoms with Gasteiger partial charge >= 0.3 is 0 Å². The molecule has 0 bridgehead atoms. The first kappa shape index (κ1) is 18.6. The van der Waals surface area contributed by atoms with Gasteiger partial charge in [-0.15, -0.1) is 0 Å². The van der Waals surface area contributed by atoms with Crippen LogP contribution in [0.3, 0.4) is 0 Å². The molecule has 0 aliphatic carbocycles. The minimum absolute atomic E-state index is 0.187. The zero-order chi connectivity index (χ0) is 19.8. The van der Waals surface area contributed by atoms with Crippen LogP contribution in [0.1, 0.15) is 53.0 Å². The van der Waals surface area contributed by atoms with E-state index in [2.05, 4.69) is 15.6 Å². The molecule has 2 aromatic heterocycles. The number of benzene rings is 1. The third-order valence-corrected chi connectivity index (χ3v) is 4.10. The third-order valence-electron chi connectivity index (χ3n) is 4.10. The van der Waals surface area contributed by atoms with Crippen LogP contribution in [0.15, 0.2) is 42.6 Å². The smallest absolute Gasteiger partial charge is 0.288 e. The first-order valence-corrected chi connectivity index (χ1v) is 8.84. The number of nitrogens with zero attached hydrogens (tertiary/aromatic N) is 2. The van der Waals surface area contributed by atoms with Gasteiger partial charge in [0.1, 0.15) is 0 Å². The van der Waals surface area contributed by atoms with Crippen LogP contribution in [0.5, 0.6) is 0 Å². The van der Waals surface area contributed by atoms with Gasteiger partial charge in [0, 0.05) is 17.4 Å². The van der Waals surface area contributed by atoms with Gasteiger partial charge in [0.2, 0.25) is 5.82 Å². The summed E-state index contributed by atoms with van der Waals surface area (Å²) in [6, 6.07) is 11.3. The van der Waals surface area contributed by atoms with Crippen molar-refractivity contribution in [2.75, 3.05) is 5.32 Å². The fourth-order valence-electron chi connectivity index (χ4n) is 2.81. The molecule has 2 amide bonds. The molecule has 0 spiro atoms. The van der Waals surface area contributed by atoms with Gasteiger partial charge in [-0.25, -0.2) is 4.98 Å². The summed E-state index contributed by atoms with van der Waals surface area (Å²) in [5.74, 6) is -0.483. The quantitative estimate of drug-likeness (QED) is 0.743. The second-order valence-corrected chi connectivity index (χ2v) is 7.72. The summed E-state index contributed by atoms with van der Waals surface area (Å²) in [5.41, 5.74) is 3.14. The largest absolute Gasteiger partial charge is 0.345 e. The molecule has 3 aromatic rings. The first-order valence-electron chi connectivity index (χ1n) is 8.84. The van der Waals surface area contributed by atoms with E-state index in [0.717, 1.165) is 16.8 Å². The number of aryl methyl sites for hydroxylation is 2. The van der Waals surface area contributed by atoms with Gasteiger partial charge in [-0.2, -0.15) is 0 Å². The molecule has 2 N–H and O–H groups in total. The Morgan fingerprint density at radius 1 is 1.04 bits per heavy atom. The molecule has 0 atom stereocenters. The number of rotatable bonds is 3. The molecule has 140 valence electrons. The number of amides is 2. The zero-order valence-electron chi connectivity index (χ0n) is 16.3. The molecule has 0 fully saturated rings. The van der Waals surface area contributed by atoms with E-state index in [4.69, 9.17) is 0 Å². The van der Waals surface area contributed by atoms with Crippen molar-refractivity contribution < 1.29 is 9.59 Å². The molecular weight excluding hydrogens is 340 g/mol. The molecule has 3 rings (SSSR count). The Morgan fingerprint density at radius 2 is 1.78 bits per heavy atom. The molecule has 0 unspecified atom stereocenters. The Bertz CT molecular complexity index is 1030. The van der Waals surface area contributed by atoms with Crippen LogP contribution in [0, 0.1) is 13.8 Å². The fourth-order valence-corrected chi connectivity index (χ4v) is 2.81. The highest BCUT2D eigenvalue weighted by atomic mass is 16.2. The summed E-state index contributed by atoms with van der Waals surface area (Å²) < 4.78 is 1.64. The van der Waals surface area contributed by atoms with Gasteiger partial charge in [0.15, 0.2) is 5.69 Å². The molecule has 6 nitrogen and oxygen atoms in total. The molecule has 1 aromatic carbocycles. The van der Waals surface area contributed by atoms with E-state index < -0.39 is 5.54 Å². The van der Waals surface area contributed by atoms with Gasteiger partial charge in [-0.3, -0.25) is 14.0 Å². The van der Waals surface area contributed by atoms with E-state index in [1.165, 1.54) is 0 Å². The standard InChI is InChI=1S/C21H24N4O2/c1-13-9-10-14(2)15(12-13)22-19(26)17-16-8-6-7-11-25(16)18(23-17)20(27)24-21(3,4)5/h6-12H,1-5H3,(H,22,26)(H,24,27). The molecule has 0 aliphatic heterocycles. The highest BCUT2D eigenvalue weighted by Crippen LogP contribution is 2.20. The molecule has 2 heterocycles. The van der Waals surface area contributed by atoms with Crippen molar-refractivity contribution in [3.8, 4) is 0 Å². The summed E-state index contributed by atoms with van der Waals surface area (Å²) in [5, 5.41) is 5.81. The number of aromatic nitrogens is 2. The van der Waals surface area contributed by atoms with Crippen LogP contribution < -0.4 is 10.6 Å². The van der Waals surface area contributed by atoms with E-state index >= 15 is 0 Å². The van der Waals surface area contributed by atoms with Crippen LogP contribution in [-0.2, 0) is 0 Å². The normalized spacial score (nSPS) is 11.4. The predicted molar refractivity (Wildman–Crippen MR) is 106 cm³/mol. The summed E-state index contributed by atoms with van der Waals surface area (Å²) in [4.78, 5) is 29.9. The maximum Gasteiger partial charge on any atom is 0.288 e. The maximum atomic E-state index is 12.9. The molecule has 6 heteroatoms. The average Bonchev–Trinajstić information content (AvgIpc) is 2.96. The van der Waals surface area contributed by atoms with Crippen LogP contribution >= 0.6 is 0 Å². The van der Waals surface area contributed by atoms with Gasteiger partial charge in [-0.1, -0.05) is 18.2 Å². The van der Waals surface area contributed by atoms with E-state index in [0.29, 0.717) is 5.52 Å². The van der Waals surface area contributed by atoms with E-state index in [-0.39, 0.29) is 23.3 Å². The van der Waals surface area contributed by atoms with Crippen LogP contribution in [0.25, 0.3) is 5.52 Å². The number of pyridine rings is 1. The highest BCUT2D eigenvalue weighted by molar-refractivity contribution is 6.09. The summed E-state index contributed by atoms with van der Waals surface area (Å²) in [7, 11) is 0. The minimum atomic E-state index is -0.404. The van der Waals surface area contributed by atoms with Crippen LogP contribution in [0.4, 0.5) is 5.69 Å². The average molecular weight is 364 g/mol. The van der Waals surface area contributed by atoms with Crippen molar-refractivity contribution in [2.45, 2.75) is 40.2 Å². The molecule has 0 saturated heterocycles. The fraction of sp³-hybridized carbons (Fsp3) is 0.286. The Morgan fingerprint density at radius 3 is 2.48 bits per heavy atom. The van der Waals surface area contributed by atoms with Crippen molar-refractivity contribution in [1.82, 2.24) is 14.7 Å². The molecule has 0 saturated carbocycles. The maximum absolute atomic E-state index is 12.9. The monoisotopic (exact) mass is 364 g/mol. The third kappa shape index (κ3) is 4.00. The number of hydrogen-bond donors (Lipinski definition) is 2. The molecular formula is C21H24N4O2. The van der Waals surface area contributed by atoms with E-state index in [1.54, 1.807) is 22.7 Å². The number of fused-ring (bicyclic) bond motifs is 1. The van der Waals surface area contributed by atoms with E-state index in [9.17, 15) is 9.59 Å². The first-order chi connectivity index (χ1) is 12.7. The summed E-state index contributed by atoms with van der Waals surface area (Å²) in [6.07, 6.45) is 1.73. The Balaban J connectivity index is 2.01. The van der Waals surface area contributed by atoms with Crippen molar-refractivity contribution in [2.24, 2.45) is 0 Å². The lowest BCUT2D eigenvalue weighted by atomic mass is 10.1. The van der Waals surface area contributed by atoms with Gasteiger partial charge < -0.3 is 10.6 Å². The lowest BCUT2D eigenvalue weighted by Crippen LogP contribution is -2.41. The van der Waals surface area contributed by atoms with Crippen LogP contribution in [0.2, 0.25) is 0 Å². The SMILES string of the molecule is Cc1ccc(C)c(NC(=O)c2nc(C(=O)NC(C)(C)C)n3ccccc23)c1. The van der Waals surface area contributed by atoms with Crippen molar-refractivity contribution >= 4 is 23.0 Å². The van der Waals surface area contributed by atoms with Crippen molar-refractivity contribution in [3.05, 3.63) is 65.2 Å². The topological polar surface area (TPSA) is 75.5 Å². The highest BCUT2D eigenvalue weighted by Gasteiger charge is 2.24.